The van der Waals surface area contributed by atoms with Crippen molar-refractivity contribution in [2.75, 3.05) is 32.7 Å². The Morgan fingerprint density at radius 1 is 1.14 bits per heavy atom. The number of H-pyrrole nitrogens is 1. The van der Waals surface area contributed by atoms with Crippen molar-refractivity contribution < 1.29 is 9.32 Å². The van der Waals surface area contributed by atoms with Gasteiger partial charge in [0.25, 0.3) is 5.56 Å². The number of aromatic amines is 1. The number of rotatable bonds is 5. The molecular weight excluding hydrogens is 362 g/mol. The minimum Gasteiger partial charge on any atom is -0.361 e. The molecule has 152 valence electrons. The van der Waals surface area contributed by atoms with Crippen LogP contribution in [0.4, 0.5) is 0 Å². The highest BCUT2D eigenvalue weighted by atomic mass is 16.5. The lowest BCUT2D eigenvalue weighted by atomic mass is 10.1. The lowest BCUT2D eigenvalue weighted by Gasteiger charge is -2.22. The Kier molecular flexibility index (Phi) is 6.13. The fourth-order valence-electron chi connectivity index (χ4n) is 3.55. The zero-order valence-corrected chi connectivity index (χ0v) is 16.7. The number of hydrogen-bond donors (Lipinski definition) is 1. The molecule has 1 fully saturated rings. The third kappa shape index (κ3) is 4.59. The molecule has 2 aromatic rings. The van der Waals surface area contributed by atoms with Crippen LogP contribution in [-0.4, -0.2) is 63.1 Å². The van der Waals surface area contributed by atoms with Crippen molar-refractivity contribution in [3.8, 4) is 0 Å². The summed E-state index contributed by atoms with van der Waals surface area (Å²) < 4.78 is 6.36. The maximum Gasteiger partial charge on any atom is 0.328 e. The van der Waals surface area contributed by atoms with Crippen LogP contribution >= 0.6 is 0 Å². The molecule has 0 spiro atoms. The Bertz CT molecular complexity index is 907. The topological polar surface area (TPSA) is 104 Å². The van der Waals surface area contributed by atoms with E-state index < -0.39 is 0 Å². The van der Waals surface area contributed by atoms with E-state index in [4.69, 9.17) is 4.52 Å². The molecule has 0 aliphatic carbocycles. The molecule has 9 nitrogen and oxygen atoms in total. The van der Waals surface area contributed by atoms with Crippen LogP contribution < -0.4 is 11.2 Å². The molecule has 0 aromatic carbocycles. The zero-order chi connectivity index (χ0) is 20.3. The molecular formula is C19H27N5O4. The molecule has 0 radical (unpaired) electrons. The van der Waals surface area contributed by atoms with Gasteiger partial charge in [0, 0.05) is 50.0 Å². The van der Waals surface area contributed by atoms with Crippen LogP contribution in [0.25, 0.3) is 0 Å². The summed E-state index contributed by atoms with van der Waals surface area (Å²) in [6.07, 6.45) is 1.15. The van der Waals surface area contributed by atoms with Crippen molar-refractivity contribution in [3.05, 3.63) is 49.6 Å². The summed E-state index contributed by atoms with van der Waals surface area (Å²) in [5.41, 5.74) is 1.53. The number of carbonyl (C=O) groups excluding carboxylic acids is 1. The number of carbonyl (C=O) groups is 1. The number of hydrogen-bond acceptors (Lipinski definition) is 6. The molecule has 0 saturated carbocycles. The number of nitrogens with zero attached hydrogens (tertiary/aromatic N) is 4. The Hall–Kier alpha value is -2.68. The van der Waals surface area contributed by atoms with Gasteiger partial charge in [-0.3, -0.25) is 19.1 Å². The highest BCUT2D eigenvalue weighted by molar-refractivity contribution is 5.79. The van der Waals surface area contributed by atoms with E-state index in [2.05, 4.69) is 15.0 Å². The normalized spacial score (nSPS) is 15.6. The predicted molar refractivity (Wildman–Crippen MR) is 103 cm³/mol. The SMILES string of the molecule is Cc1cc(=O)n(CCN2CCCN(C(=O)Cc3c(C)noc3C)CC2)c(=O)[nH]1. The van der Waals surface area contributed by atoms with Crippen LogP contribution in [0.5, 0.6) is 0 Å². The van der Waals surface area contributed by atoms with Gasteiger partial charge in [-0.1, -0.05) is 5.16 Å². The van der Waals surface area contributed by atoms with Crippen molar-refractivity contribution in [1.82, 2.24) is 24.5 Å². The summed E-state index contributed by atoms with van der Waals surface area (Å²) in [5, 5.41) is 3.91. The van der Waals surface area contributed by atoms with Gasteiger partial charge in [0.2, 0.25) is 5.91 Å². The maximum absolute atomic E-state index is 12.7. The van der Waals surface area contributed by atoms with Crippen molar-refractivity contribution in [2.24, 2.45) is 0 Å². The first-order valence-corrected chi connectivity index (χ1v) is 9.58. The lowest BCUT2D eigenvalue weighted by Crippen LogP contribution is -2.40. The second-order valence-corrected chi connectivity index (χ2v) is 7.30. The van der Waals surface area contributed by atoms with Crippen molar-refractivity contribution >= 4 is 5.91 Å². The van der Waals surface area contributed by atoms with Gasteiger partial charge < -0.3 is 14.4 Å². The van der Waals surface area contributed by atoms with E-state index >= 15 is 0 Å². The standard InChI is InChI=1S/C19H27N5O4/c1-13-11-18(26)24(19(27)20-13)10-8-22-5-4-6-23(9-7-22)17(25)12-16-14(2)21-28-15(16)3/h11H,4-10,12H2,1-3H3,(H,20,27). The van der Waals surface area contributed by atoms with E-state index in [1.54, 1.807) is 6.92 Å². The second kappa shape index (κ2) is 8.55. The first-order valence-electron chi connectivity index (χ1n) is 9.58. The molecule has 1 N–H and O–H groups in total. The second-order valence-electron chi connectivity index (χ2n) is 7.30. The Balaban J connectivity index is 1.56. The molecule has 2 aromatic heterocycles. The van der Waals surface area contributed by atoms with E-state index in [1.807, 2.05) is 18.7 Å². The number of aromatic nitrogens is 3. The molecule has 1 aliphatic rings. The van der Waals surface area contributed by atoms with Crippen LogP contribution in [-0.2, 0) is 17.8 Å². The highest BCUT2D eigenvalue weighted by Gasteiger charge is 2.22. The largest absolute Gasteiger partial charge is 0.361 e. The first kappa shape index (κ1) is 20.1. The van der Waals surface area contributed by atoms with Gasteiger partial charge in [-0.05, 0) is 33.7 Å². The summed E-state index contributed by atoms with van der Waals surface area (Å²) in [4.78, 5) is 43.4. The molecule has 28 heavy (non-hydrogen) atoms. The quantitative estimate of drug-likeness (QED) is 0.785. The lowest BCUT2D eigenvalue weighted by molar-refractivity contribution is -0.130. The van der Waals surface area contributed by atoms with Gasteiger partial charge >= 0.3 is 5.69 Å². The third-order valence-corrected chi connectivity index (χ3v) is 5.25. The van der Waals surface area contributed by atoms with E-state index in [0.29, 0.717) is 50.6 Å². The summed E-state index contributed by atoms with van der Waals surface area (Å²) in [5.74, 6) is 0.763. The van der Waals surface area contributed by atoms with Crippen LogP contribution in [0.2, 0.25) is 0 Å². The molecule has 1 aliphatic heterocycles. The summed E-state index contributed by atoms with van der Waals surface area (Å²) >= 11 is 0. The first-order chi connectivity index (χ1) is 13.3. The van der Waals surface area contributed by atoms with Crippen LogP contribution in [0.3, 0.4) is 0 Å². The van der Waals surface area contributed by atoms with E-state index in [9.17, 15) is 14.4 Å². The fraction of sp³-hybridized carbons (Fsp3) is 0.579. The smallest absolute Gasteiger partial charge is 0.328 e. The fourth-order valence-corrected chi connectivity index (χ4v) is 3.55. The number of amides is 1. The van der Waals surface area contributed by atoms with E-state index in [0.717, 1.165) is 24.2 Å². The Labute approximate surface area is 162 Å². The maximum atomic E-state index is 12.7. The molecule has 0 atom stereocenters. The summed E-state index contributed by atoms with van der Waals surface area (Å²) in [6.45, 7) is 9.15. The Morgan fingerprint density at radius 3 is 2.61 bits per heavy atom. The molecule has 0 bridgehead atoms. The van der Waals surface area contributed by atoms with Crippen molar-refractivity contribution in [2.45, 2.75) is 40.2 Å². The van der Waals surface area contributed by atoms with Gasteiger partial charge in [0.05, 0.1) is 12.1 Å². The van der Waals surface area contributed by atoms with Gasteiger partial charge in [0.1, 0.15) is 5.76 Å². The minimum absolute atomic E-state index is 0.0717. The summed E-state index contributed by atoms with van der Waals surface area (Å²) in [7, 11) is 0. The van der Waals surface area contributed by atoms with Crippen molar-refractivity contribution in [3.63, 3.8) is 0 Å². The molecule has 1 amide bonds. The van der Waals surface area contributed by atoms with E-state index in [-0.39, 0.29) is 17.2 Å². The zero-order valence-electron chi connectivity index (χ0n) is 16.7. The van der Waals surface area contributed by atoms with E-state index in [1.165, 1.54) is 10.6 Å². The Morgan fingerprint density at radius 2 is 1.93 bits per heavy atom. The molecule has 1 saturated heterocycles. The third-order valence-electron chi connectivity index (χ3n) is 5.25. The number of aryl methyl sites for hydroxylation is 3. The van der Waals surface area contributed by atoms with Crippen molar-refractivity contribution in [1.29, 1.82) is 0 Å². The molecule has 3 heterocycles. The monoisotopic (exact) mass is 389 g/mol. The average Bonchev–Trinajstić information content (AvgIpc) is 2.84. The molecule has 0 unspecified atom stereocenters. The molecule has 9 heteroatoms. The predicted octanol–water partition coefficient (Wildman–Crippen LogP) is 0.227. The summed E-state index contributed by atoms with van der Waals surface area (Å²) in [6, 6.07) is 1.43. The van der Waals surface area contributed by atoms with Gasteiger partial charge in [0.15, 0.2) is 0 Å². The number of nitrogens with one attached hydrogen (secondary N) is 1. The average molecular weight is 389 g/mol. The van der Waals surface area contributed by atoms with Gasteiger partial charge in [-0.15, -0.1) is 0 Å². The van der Waals surface area contributed by atoms with Gasteiger partial charge in [-0.25, -0.2) is 4.79 Å². The van der Waals surface area contributed by atoms with Crippen LogP contribution in [0.15, 0.2) is 20.2 Å². The van der Waals surface area contributed by atoms with Crippen LogP contribution in [0.1, 0.15) is 29.1 Å². The van der Waals surface area contributed by atoms with Gasteiger partial charge in [-0.2, -0.15) is 0 Å². The minimum atomic E-state index is -0.379. The van der Waals surface area contributed by atoms with Crippen LogP contribution in [0, 0.1) is 20.8 Å². The molecule has 3 rings (SSSR count). The highest BCUT2D eigenvalue weighted by Crippen LogP contribution is 2.15.